The topological polar surface area (TPSA) is 67.8 Å². The number of hydrogen-bond donors (Lipinski definition) is 1. The summed E-state index contributed by atoms with van der Waals surface area (Å²) in [7, 11) is 0. The van der Waals surface area contributed by atoms with Crippen LogP contribution in [0.3, 0.4) is 0 Å². The lowest BCUT2D eigenvalue weighted by Gasteiger charge is -2.10. The molecule has 1 amide bonds. The van der Waals surface area contributed by atoms with Crippen molar-refractivity contribution in [3.05, 3.63) is 102 Å². The first-order valence-corrected chi connectivity index (χ1v) is 11.5. The van der Waals surface area contributed by atoms with Gasteiger partial charge >= 0.3 is 0 Å². The molecule has 0 radical (unpaired) electrons. The lowest BCUT2D eigenvalue weighted by molar-refractivity contribution is 0.101. The molecule has 4 aromatic rings. The van der Waals surface area contributed by atoms with Gasteiger partial charge in [-0.15, -0.1) is 0 Å². The molecule has 7 heteroatoms. The van der Waals surface area contributed by atoms with Gasteiger partial charge in [-0.05, 0) is 36.8 Å². The van der Waals surface area contributed by atoms with Gasteiger partial charge in [-0.1, -0.05) is 77.6 Å². The lowest BCUT2D eigenvalue weighted by atomic mass is 10.2. The standard InChI is InChI=1S/C24H20N4OS2/c1-17-10-12-18(13-11-17)16-30-24-26-15-20(31-19-7-3-2-4-8-19)22(28-24)23(29)27-21-9-5-6-14-25-21/h2-15H,16H2,1H3,(H,25,27,29). The van der Waals surface area contributed by atoms with Crippen molar-refractivity contribution in [1.82, 2.24) is 15.0 Å². The number of aryl methyl sites for hydroxylation is 1. The smallest absolute Gasteiger partial charge is 0.276 e. The van der Waals surface area contributed by atoms with E-state index in [0.29, 0.717) is 21.6 Å². The van der Waals surface area contributed by atoms with Gasteiger partial charge in [0.25, 0.3) is 5.91 Å². The molecule has 0 atom stereocenters. The van der Waals surface area contributed by atoms with Gasteiger partial charge in [0.05, 0.1) is 4.90 Å². The SMILES string of the molecule is Cc1ccc(CSc2ncc(Sc3ccccc3)c(C(=O)Nc3ccccn3)n2)cc1. The van der Waals surface area contributed by atoms with Gasteiger partial charge < -0.3 is 5.32 Å². The molecular formula is C24H20N4OS2. The second-order valence-corrected chi connectivity index (χ2v) is 8.78. The van der Waals surface area contributed by atoms with Crippen LogP contribution in [0.5, 0.6) is 0 Å². The molecule has 31 heavy (non-hydrogen) atoms. The van der Waals surface area contributed by atoms with Crippen molar-refractivity contribution in [2.75, 3.05) is 5.32 Å². The summed E-state index contributed by atoms with van der Waals surface area (Å²) in [6.45, 7) is 2.07. The summed E-state index contributed by atoms with van der Waals surface area (Å²) < 4.78 is 0. The molecule has 0 spiro atoms. The summed E-state index contributed by atoms with van der Waals surface area (Å²) in [4.78, 5) is 28.0. The molecule has 154 valence electrons. The number of anilines is 1. The fourth-order valence-electron chi connectivity index (χ4n) is 2.72. The summed E-state index contributed by atoms with van der Waals surface area (Å²) >= 11 is 2.97. The van der Waals surface area contributed by atoms with Crippen molar-refractivity contribution >= 4 is 35.2 Å². The molecule has 0 unspecified atom stereocenters. The normalized spacial score (nSPS) is 10.6. The van der Waals surface area contributed by atoms with E-state index >= 15 is 0 Å². The van der Waals surface area contributed by atoms with Crippen LogP contribution in [0.1, 0.15) is 21.6 Å². The van der Waals surface area contributed by atoms with Gasteiger partial charge in [-0.3, -0.25) is 4.79 Å². The zero-order chi connectivity index (χ0) is 21.5. The Morgan fingerprint density at radius 1 is 0.935 bits per heavy atom. The Kier molecular flexibility index (Phi) is 6.96. The van der Waals surface area contributed by atoms with Crippen molar-refractivity contribution in [1.29, 1.82) is 0 Å². The van der Waals surface area contributed by atoms with E-state index in [2.05, 4.69) is 51.5 Å². The van der Waals surface area contributed by atoms with E-state index < -0.39 is 0 Å². The van der Waals surface area contributed by atoms with Crippen molar-refractivity contribution in [3.8, 4) is 0 Å². The molecule has 0 aliphatic rings. The number of amides is 1. The molecule has 0 saturated carbocycles. The number of aromatic nitrogens is 3. The Morgan fingerprint density at radius 2 is 1.71 bits per heavy atom. The van der Waals surface area contributed by atoms with Crippen LogP contribution in [0, 0.1) is 6.92 Å². The summed E-state index contributed by atoms with van der Waals surface area (Å²) in [6.07, 6.45) is 3.35. The van der Waals surface area contributed by atoms with Crippen LogP contribution in [0.25, 0.3) is 0 Å². The van der Waals surface area contributed by atoms with Crippen molar-refractivity contribution in [2.24, 2.45) is 0 Å². The van der Waals surface area contributed by atoms with Gasteiger partial charge in [0.15, 0.2) is 5.16 Å². The molecule has 4 rings (SSSR count). The summed E-state index contributed by atoms with van der Waals surface area (Å²) in [5.74, 6) is 0.902. The average Bonchev–Trinajstić information content (AvgIpc) is 2.81. The molecule has 5 nitrogen and oxygen atoms in total. The van der Waals surface area contributed by atoms with E-state index in [9.17, 15) is 4.79 Å². The second-order valence-electron chi connectivity index (χ2n) is 6.72. The highest BCUT2D eigenvalue weighted by molar-refractivity contribution is 7.99. The van der Waals surface area contributed by atoms with Crippen LogP contribution < -0.4 is 5.32 Å². The first-order chi connectivity index (χ1) is 15.2. The molecule has 2 aromatic heterocycles. The average molecular weight is 445 g/mol. The Bertz CT molecular complexity index is 1150. The molecular weight excluding hydrogens is 424 g/mol. The second kappa shape index (κ2) is 10.2. The summed E-state index contributed by atoms with van der Waals surface area (Å²) in [5, 5.41) is 3.39. The largest absolute Gasteiger partial charge is 0.305 e. The van der Waals surface area contributed by atoms with Crippen LogP contribution in [0.4, 0.5) is 5.82 Å². The first kappa shape index (κ1) is 21.1. The Hall–Kier alpha value is -3.16. The quantitative estimate of drug-likeness (QED) is 0.284. The molecule has 1 N–H and O–H groups in total. The lowest BCUT2D eigenvalue weighted by Crippen LogP contribution is -2.16. The van der Waals surface area contributed by atoms with Gasteiger partial charge in [0.1, 0.15) is 11.5 Å². The summed E-state index contributed by atoms with van der Waals surface area (Å²) in [6, 6.07) is 23.6. The first-order valence-electron chi connectivity index (χ1n) is 9.68. The number of nitrogens with one attached hydrogen (secondary N) is 1. The number of carbonyl (C=O) groups excluding carboxylic acids is 1. The third-order valence-electron chi connectivity index (χ3n) is 4.31. The number of pyridine rings is 1. The number of rotatable bonds is 7. The number of nitrogens with zero attached hydrogens (tertiary/aromatic N) is 3. The maximum Gasteiger partial charge on any atom is 0.276 e. The van der Waals surface area contributed by atoms with Crippen LogP contribution in [-0.2, 0) is 5.75 Å². The fourth-order valence-corrected chi connectivity index (χ4v) is 4.38. The fraction of sp³-hybridized carbons (Fsp3) is 0.0833. The van der Waals surface area contributed by atoms with Gasteiger partial charge in [0, 0.05) is 23.0 Å². The maximum absolute atomic E-state index is 13.0. The van der Waals surface area contributed by atoms with E-state index in [4.69, 9.17) is 0 Å². The van der Waals surface area contributed by atoms with E-state index in [1.807, 2.05) is 36.4 Å². The van der Waals surface area contributed by atoms with Crippen LogP contribution in [-0.4, -0.2) is 20.9 Å². The number of thioether (sulfide) groups is 1. The monoisotopic (exact) mass is 444 g/mol. The highest BCUT2D eigenvalue weighted by atomic mass is 32.2. The van der Waals surface area contributed by atoms with Crippen LogP contribution in [0.2, 0.25) is 0 Å². The zero-order valence-electron chi connectivity index (χ0n) is 16.9. The molecule has 0 aliphatic heterocycles. The summed E-state index contributed by atoms with van der Waals surface area (Å²) in [5.41, 5.74) is 2.74. The van der Waals surface area contributed by atoms with E-state index in [0.717, 1.165) is 10.6 Å². The zero-order valence-corrected chi connectivity index (χ0v) is 18.5. The number of carbonyl (C=O) groups is 1. The highest BCUT2D eigenvalue weighted by Gasteiger charge is 2.17. The minimum absolute atomic E-state index is 0.309. The van der Waals surface area contributed by atoms with Gasteiger partial charge in [-0.25, -0.2) is 15.0 Å². The van der Waals surface area contributed by atoms with E-state index in [1.54, 1.807) is 24.5 Å². The molecule has 0 fully saturated rings. The molecule has 0 aliphatic carbocycles. The molecule has 0 bridgehead atoms. The predicted octanol–water partition coefficient (Wildman–Crippen LogP) is 5.88. The molecule has 0 saturated heterocycles. The highest BCUT2D eigenvalue weighted by Crippen LogP contribution is 2.31. The predicted molar refractivity (Wildman–Crippen MR) is 126 cm³/mol. The van der Waals surface area contributed by atoms with Crippen molar-refractivity contribution in [2.45, 2.75) is 27.6 Å². The minimum atomic E-state index is -0.309. The third-order valence-corrected chi connectivity index (χ3v) is 6.27. The molecule has 2 heterocycles. The Morgan fingerprint density at radius 3 is 2.45 bits per heavy atom. The third kappa shape index (κ3) is 5.93. The number of benzene rings is 2. The van der Waals surface area contributed by atoms with Gasteiger partial charge in [-0.2, -0.15) is 0 Å². The van der Waals surface area contributed by atoms with Crippen LogP contribution >= 0.6 is 23.5 Å². The maximum atomic E-state index is 13.0. The minimum Gasteiger partial charge on any atom is -0.305 e. The van der Waals surface area contributed by atoms with Crippen molar-refractivity contribution < 1.29 is 4.79 Å². The van der Waals surface area contributed by atoms with E-state index in [-0.39, 0.29) is 5.91 Å². The Labute approximate surface area is 189 Å². The van der Waals surface area contributed by atoms with Crippen molar-refractivity contribution in [3.63, 3.8) is 0 Å². The van der Waals surface area contributed by atoms with Crippen LogP contribution in [0.15, 0.2) is 100 Å². The number of hydrogen-bond acceptors (Lipinski definition) is 6. The molecule has 2 aromatic carbocycles. The van der Waals surface area contributed by atoms with E-state index in [1.165, 1.54) is 34.7 Å². The Balaban J connectivity index is 1.58. The van der Waals surface area contributed by atoms with Gasteiger partial charge in [0.2, 0.25) is 0 Å².